The third-order valence-corrected chi connectivity index (χ3v) is 3.81. The highest BCUT2D eigenvalue weighted by molar-refractivity contribution is 9.10. The van der Waals surface area contributed by atoms with E-state index in [0.29, 0.717) is 25.2 Å². The van der Waals surface area contributed by atoms with Gasteiger partial charge in [0.15, 0.2) is 0 Å². The summed E-state index contributed by atoms with van der Waals surface area (Å²) in [6, 6.07) is 5.93. The number of benzene rings is 1. The van der Waals surface area contributed by atoms with Gasteiger partial charge in [0.1, 0.15) is 11.5 Å². The van der Waals surface area contributed by atoms with Gasteiger partial charge in [0.25, 0.3) is 0 Å². The van der Waals surface area contributed by atoms with Crippen LogP contribution >= 0.6 is 15.9 Å². The first kappa shape index (κ1) is 13.6. The summed E-state index contributed by atoms with van der Waals surface area (Å²) in [5.74, 6) is 1.18. The highest BCUT2D eigenvalue weighted by atomic mass is 79.9. The molecule has 1 fully saturated rings. The van der Waals surface area contributed by atoms with E-state index in [1.54, 1.807) is 7.11 Å². The number of ether oxygens (including phenoxy) is 2. The number of rotatable bonds is 4. The summed E-state index contributed by atoms with van der Waals surface area (Å²) in [6.45, 7) is 0.585. The lowest BCUT2D eigenvalue weighted by atomic mass is 9.96. The van der Waals surface area contributed by atoms with E-state index in [0.717, 1.165) is 28.6 Å². The molecule has 1 aliphatic carbocycles. The average molecular weight is 313 g/mol. The van der Waals surface area contributed by atoms with Crippen molar-refractivity contribution >= 4 is 21.7 Å². The minimum absolute atomic E-state index is 0.226. The number of ketones is 1. The van der Waals surface area contributed by atoms with Crippen molar-refractivity contribution in [1.29, 1.82) is 0 Å². The second kappa shape index (κ2) is 6.34. The lowest BCUT2D eigenvalue weighted by Crippen LogP contribution is -2.21. The van der Waals surface area contributed by atoms with Crippen LogP contribution < -0.4 is 4.74 Å². The highest BCUT2D eigenvalue weighted by Gasteiger charge is 2.19. The molecule has 0 radical (unpaired) electrons. The van der Waals surface area contributed by atoms with Crippen LogP contribution in [-0.4, -0.2) is 19.0 Å². The predicted molar refractivity (Wildman–Crippen MR) is 72.7 cm³/mol. The van der Waals surface area contributed by atoms with E-state index >= 15 is 0 Å². The molecule has 0 saturated heterocycles. The molecule has 0 atom stereocenters. The molecule has 4 heteroatoms. The number of carbonyl (C=O) groups is 1. The molecule has 2 rings (SSSR count). The number of hydrogen-bond acceptors (Lipinski definition) is 3. The molecule has 0 spiro atoms. The minimum Gasteiger partial charge on any atom is -0.496 e. The molecule has 18 heavy (non-hydrogen) atoms. The quantitative estimate of drug-likeness (QED) is 0.853. The Labute approximate surface area is 116 Å². The van der Waals surface area contributed by atoms with Gasteiger partial charge in [-0.05, 0) is 46.5 Å². The minimum atomic E-state index is 0.226. The molecule has 1 aromatic carbocycles. The number of Topliss-reactive ketones (excluding diaryl/α,β-unsaturated/α-hetero) is 1. The maximum atomic E-state index is 11.1. The summed E-state index contributed by atoms with van der Waals surface area (Å²) in [4.78, 5) is 11.1. The van der Waals surface area contributed by atoms with Crippen LogP contribution in [-0.2, 0) is 16.1 Å². The van der Waals surface area contributed by atoms with Crippen molar-refractivity contribution in [3.63, 3.8) is 0 Å². The van der Waals surface area contributed by atoms with Crippen LogP contribution in [0.1, 0.15) is 31.2 Å². The van der Waals surface area contributed by atoms with E-state index in [2.05, 4.69) is 15.9 Å². The Balaban J connectivity index is 1.86. The van der Waals surface area contributed by atoms with Crippen LogP contribution in [0.4, 0.5) is 0 Å². The Morgan fingerprint density at radius 1 is 1.33 bits per heavy atom. The van der Waals surface area contributed by atoms with Crippen LogP contribution in [0.2, 0.25) is 0 Å². The second-order valence-corrected chi connectivity index (χ2v) is 5.37. The summed E-state index contributed by atoms with van der Waals surface area (Å²) in [7, 11) is 1.65. The van der Waals surface area contributed by atoms with Crippen molar-refractivity contribution in [3.8, 4) is 5.75 Å². The fourth-order valence-electron chi connectivity index (χ4n) is 2.09. The maximum Gasteiger partial charge on any atom is 0.133 e. The fourth-order valence-corrected chi connectivity index (χ4v) is 2.68. The molecule has 1 aromatic rings. The van der Waals surface area contributed by atoms with Gasteiger partial charge >= 0.3 is 0 Å². The van der Waals surface area contributed by atoms with Crippen LogP contribution in [0.25, 0.3) is 0 Å². The van der Waals surface area contributed by atoms with Crippen molar-refractivity contribution in [1.82, 2.24) is 0 Å². The zero-order valence-corrected chi connectivity index (χ0v) is 12.0. The first-order chi connectivity index (χ1) is 8.69. The third kappa shape index (κ3) is 3.56. The summed E-state index contributed by atoms with van der Waals surface area (Å²) in [6.07, 6.45) is 3.27. The SMILES string of the molecule is COc1ccc(COC2CCC(=O)CC2)cc1Br. The molecule has 98 valence electrons. The Morgan fingerprint density at radius 3 is 2.67 bits per heavy atom. The maximum absolute atomic E-state index is 11.1. The zero-order chi connectivity index (χ0) is 13.0. The van der Waals surface area contributed by atoms with Gasteiger partial charge in [0, 0.05) is 12.8 Å². The molecule has 1 saturated carbocycles. The topological polar surface area (TPSA) is 35.5 Å². The number of halogens is 1. The van der Waals surface area contributed by atoms with Crippen molar-refractivity contribution in [2.24, 2.45) is 0 Å². The molecule has 0 heterocycles. The van der Waals surface area contributed by atoms with Crippen molar-refractivity contribution in [2.75, 3.05) is 7.11 Å². The Hall–Kier alpha value is -0.870. The monoisotopic (exact) mass is 312 g/mol. The largest absolute Gasteiger partial charge is 0.496 e. The second-order valence-electron chi connectivity index (χ2n) is 4.52. The Bertz CT molecular complexity index is 421. The molecule has 0 amide bonds. The van der Waals surface area contributed by atoms with Gasteiger partial charge < -0.3 is 9.47 Å². The lowest BCUT2D eigenvalue weighted by Gasteiger charge is -2.21. The fraction of sp³-hybridized carbons (Fsp3) is 0.500. The molecule has 1 aliphatic rings. The average Bonchev–Trinajstić information content (AvgIpc) is 2.38. The summed E-state index contributed by atoms with van der Waals surface area (Å²) in [5, 5.41) is 0. The van der Waals surface area contributed by atoms with Crippen LogP contribution in [0.15, 0.2) is 22.7 Å². The van der Waals surface area contributed by atoms with Gasteiger partial charge in [-0.1, -0.05) is 6.07 Å². The van der Waals surface area contributed by atoms with Gasteiger partial charge in [-0.3, -0.25) is 4.79 Å². The number of hydrogen-bond donors (Lipinski definition) is 0. The standard InChI is InChI=1S/C14H17BrO3/c1-17-14-7-2-10(8-13(14)15)9-18-12-5-3-11(16)4-6-12/h2,7-8,12H,3-6,9H2,1H3. The van der Waals surface area contributed by atoms with Crippen molar-refractivity contribution in [3.05, 3.63) is 28.2 Å². The summed E-state index contributed by atoms with van der Waals surface area (Å²) >= 11 is 3.46. The van der Waals surface area contributed by atoms with Gasteiger partial charge in [-0.2, -0.15) is 0 Å². The van der Waals surface area contributed by atoms with Gasteiger partial charge in [-0.25, -0.2) is 0 Å². The predicted octanol–water partition coefficient (Wildman–Crippen LogP) is 3.49. The molecule has 0 aromatic heterocycles. The van der Waals surface area contributed by atoms with E-state index in [9.17, 15) is 4.79 Å². The third-order valence-electron chi connectivity index (χ3n) is 3.19. The first-order valence-electron chi connectivity index (χ1n) is 6.15. The molecule has 0 N–H and O–H groups in total. The molecular formula is C14H17BrO3. The lowest BCUT2D eigenvalue weighted by molar-refractivity contribution is -0.123. The summed E-state index contributed by atoms with van der Waals surface area (Å²) < 4.78 is 11.9. The molecule has 0 aliphatic heterocycles. The van der Waals surface area contributed by atoms with Crippen molar-refractivity contribution < 1.29 is 14.3 Å². The Kier molecular flexibility index (Phi) is 4.78. The summed E-state index contributed by atoms with van der Waals surface area (Å²) in [5.41, 5.74) is 1.11. The zero-order valence-electron chi connectivity index (χ0n) is 10.4. The van der Waals surface area contributed by atoms with Gasteiger partial charge in [-0.15, -0.1) is 0 Å². The normalized spacial score (nSPS) is 16.9. The van der Waals surface area contributed by atoms with Gasteiger partial charge in [0.05, 0.1) is 24.3 Å². The highest BCUT2D eigenvalue weighted by Crippen LogP contribution is 2.26. The van der Waals surface area contributed by atoms with Gasteiger partial charge in [0.2, 0.25) is 0 Å². The van der Waals surface area contributed by atoms with Crippen LogP contribution in [0.5, 0.6) is 5.75 Å². The smallest absolute Gasteiger partial charge is 0.133 e. The van der Waals surface area contributed by atoms with Crippen molar-refractivity contribution in [2.45, 2.75) is 38.4 Å². The molecule has 3 nitrogen and oxygen atoms in total. The van der Waals surface area contributed by atoms with Crippen LogP contribution in [0.3, 0.4) is 0 Å². The molecule has 0 unspecified atom stereocenters. The molecular weight excluding hydrogens is 296 g/mol. The number of methoxy groups -OCH3 is 1. The van der Waals surface area contributed by atoms with E-state index < -0.39 is 0 Å². The van der Waals surface area contributed by atoms with Crippen LogP contribution in [0, 0.1) is 0 Å². The van der Waals surface area contributed by atoms with E-state index in [1.807, 2.05) is 18.2 Å². The number of carbonyl (C=O) groups excluding carboxylic acids is 1. The molecule has 0 bridgehead atoms. The Morgan fingerprint density at radius 2 is 2.06 bits per heavy atom. The van der Waals surface area contributed by atoms with E-state index in [4.69, 9.17) is 9.47 Å². The first-order valence-corrected chi connectivity index (χ1v) is 6.94. The van der Waals surface area contributed by atoms with E-state index in [-0.39, 0.29) is 6.10 Å². The van der Waals surface area contributed by atoms with E-state index in [1.165, 1.54) is 0 Å².